The van der Waals surface area contributed by atoms with E-state index >= 15 is 0 Å². The predicted octanol–water partition coefficient (Wildman–Crippen LogP) is 0.661. The molecule has 0 N–H and O–H groups in total. The molecule has 2 saturated heterocycles. The van der Waals surface area contributed by atoms with Crippen molar-refractivity contribution in [2.45, 2.75) is 26.7 Å². The van der Waals surface area contributed by atoms with E-state index in [0.717, 1.165) is 21.9 Å². The minimum atomic E-state index is -0.585. The zero-order chi connectivity index (χ0) is 16.6. The summed E-state index contributed by atoms with van der Waals surface area (Å²) in [5.41, 5.74) is 1.81. The van der Waals surface area contributed by atoms with E-state index in [1.807, 2.05) is 13.8 Å². The monoisotopic (exact) mass is 321 g/mol. The number of hydrogen-bond donors (Lipinski definition) is 0. The van der Waals surface area contributed by atoms with Crippen LogP contribution < -0.4 is 0 Å². The first-order valence-corrected chi connectivity index (χ1v) is 7.62. The number of carbonyl (C=O) groups is 3. The van der Waals surface area contributed by atoms with Gasteiger partial charge in [-0.05, 0) is 20.3 Å². The number of aromatic nitrogens is 1. The van der Waals surface area contributed by atoms with Gasteiger partial charge >= 0.3 is 6.09 Å². The summed E-state index contributed by atoms with van der Waals surface area (Å²) in [6.45, 7) is 4.99. The average Bonchev–Trinajstić information content (AvgIpc) is 2.95. The molecule has 2 aliphatic rings. The van der Waals surface area contributed by atoms with Crippen molar-refractivity contribution in [3.8, 4) is 0 Å². The van der Waals surface area contributed by atoms with E-state index in [1.165, 1.54) is 0 Å². The van der Waals surface area contributed by atoms with Crippen molar-refractivity contribution in [3.63, 3.8) is 0 Å². The van der Waals surface area contributed by atoms with Crippen molar-refractivity contribution in [2.75, 3.05) is 26.2 Å². The van der Waals surface area contributed by atoms with Crippen LogP contribution in [0.3, 0.4) is 0 Å². The van der Waals surface area contributed by atoms with Crippen LogP contribution in [0.15, 0.2) is 4.52 Å². The summed E-state index contributed by atoms with van der Waals surface area (Å²) in [5.74, 6) is 0.644. The standard InChI is InChI=1S/C15H19N3O5/c1-9-12(10(2)23-16-9)3-4-13(19)17-5-11(6-17)7-18-14(20)8-22-15(18)21/h11H,3-8H2,1-2H3. The second kappa shape index (κ2) is 6.02. The third-order valence-electron chi connectivity index (χ3n) is 4.36. The second-order valence-electron chi connectivity index (χ2n) is 6.03. The van der Waals surface area contributed by atoms with Gasteiger partial charge in [0.2, 0.25) is 5.91 Å². The fraction of sp³-hybridized carbons (Fsp3) is 0.600. The molecule has 0 aliphatic carbocycles. The Morgan fingerprint density at radius 3 is 2.61 bits per heavy atom. The molecule has 8 heteroatoms. The van der Waals surface area contributed by atoms with Gasteiger partial charge in [-0.1, -0.05) is 5.16 Å². The fourth-order valence-corrected chi connectivity index (χ4v) is 2.95. The van der Waals surface area contributed by atoms with Crippen LogP contribution in [0.2, 0.25) is 0 Å². The van der Waals surface area contributed by atoms with Crippen LogP contribution >= 0.6 is 0 Å². The molecule has 3 amide bonds. The second-order valence-corrected chi connectivity index (χ2v) is 6.03. The Balaban J connectivity index is 1.43. The maximum atomic E-state index is 12.2. The van der Waals surface area contributed by atoms with Crippen molar-refractivity contribution < 1.29 is 23.6 Å². The van der Waals surface area contributed by atoms with Gasteiger partial charge < -0.3 is 14.2 Å². The zero-order valence-electron chi connectivity index (χ0n) is 13.2. The number of rotatable bonds is 5. The third kappa shape index (κ3) is 3.06. The lowest BCUT2D eigenvalue weighted by molar-refractivity contribution is -0.138. The largest absolute Gasteiger partial charge is 0.439 e. The van der Waals surface area contributed by atoms with Crippen LogP contribution in [-0.2, 0) is 20.7 Å². The minimum absolute atomic E-state index is 0.0663. The smallest absolute Gasteiger partial charge is 0.417 e. The summed E-state index contributed by atoms with van der Waals surface area (Å²) in [6, 6.07) is 0. The van der Waals surface area contributed by atoms with Gasteiger partial charge in [0.05, 0.1) is 5.69 Å². The highest BCUT2D eigenvalue weighted by Crippen LogP contribution is 2.21. The Bertz CT molecular complexity index is 612. The Kier molecular flexibility index (Phi) is 4.06. The molecular formula is C15H19N3O5. The maximum absolute atomic E-state index is 12.2. The summed E-state index contributed by atoms with van der Waals surface area (Å²) in [7, 11) is 0. The molecule has 0 atom stereocenters. The predicted molar refractivity (Wildman–Crippen MR) is 77.4 cm³/mol. The van der Waals surface area contributed by atoms with Gasteiger partial charge in [-0.25, -0.2) is 9.69 Å². The van der Waals surface area contributed by atoms with E-state index in [0.29, 0.717) is 32.5 Å². The third-order valence-corrected chi connectivity index (χ3v) is 4.36. The molecule has 0 spiro atoms. The van der Waals surface area contributed by atoms with E-state index in [4.69, 9.17) is 4.52 Å². The lowest BCUT2D eigenvalue weighted by Gasteiger charge is -2.40. The highest BCUT2D eigenvalue weighted by molar-refractivity contribution is 5.97. The van der Waals surface area contributed by atoms with Gasteiger partial charge in [0, 0.05) is 37.5 Å². The molecule has 3 heterocycles. The molecule has 124 valence electrons. The lowest BCUT2D eigenvalue weighted by Crippen LogP contribution is -2.54. The van der Waals surface area contributed by atoms with Crippen LogP contribution in [0.4, 0.5) is 4.79 Å². The van der Waals surface area contributed by atoms with Gasteiger partial charge in [0.25, 0.3) is 5.91 Å². The highest BCUT2D eigenvalue weighted by Gasteiger charge is 2.38. The number of amides is 3. The van der Waals surface area contributed by atoms with Gasteiger partial charge in [0.1, 0.15) is 5.76 Å². The van der Waals surface area contributed by atoms with Crippen LogP contribution in [0.5, 0.6) is 0 Å². The van der Waals surface area contributed by atoms with Crippen molar-refractivity contribution in [1.29, 1.82) is 0 Å². The molecule has 23 heavy (non-hydrogen) atoms. The summed E-state index contributed by atoms with van der Waals surface area (Å²) in [5, 5.41) is 3.88. The molecule has 0 unspecified atom stereocenters. The van der Waals surface area contributed by atoms with Crippen LogP contribution in [0.1, 0.15) is 23.4 Å². The Morgan fingerprint density at radius 2 is 2.04 bits per heavy atom. The molecule has 3 rings (SSSR count). The number of aryl methyl sites for hydroxylation is 2. The molecule has 1 aromatic heterocycles. The SMILES string of the molecule is Cc1noc(C)c1CCC(=O)N1CC(CN2C(=O)COC2=O)C1. The van der Waals surface area contributed by atoms with Crippen LogP contribution in [-0.4, -0.2) is 59.1 Å². The molecule has 0 saturated carbocycles. The van der Waals surface area contributed by atoms with E-state index in [2.05, 4.69) is 9.89 Å². The normalized spacial score (nSPS) is 18.3. The number of carbonyl (C=O) groups excluding carboxylic acids is 3. The molecule has 0 radical (unpaired) electrons. The number of imide groups is 1. The van der Waals surface area contributed by atoms with E-state index < -0.39 is 6.09 Å². The van der Waals surface area contributed by atoms with Crippen LogP contribution in [0, 0.1) is 19.8 Å². The Hall–Kier alpha value is -2.38. The number of cyclic esters (lactones) is 1. The first-order chi connectivity index (χ1) is 11.0. The number of ether oxygens (including phenoxy) is 1. The number of hydrogen-bond acceptors (Lipinski definition) is 6. The average molecular weight is 321 g/mol. The molecule has 0 aromatic carbocycles. The summed E-state index contributed by atoms with van der Waals surface area (Å²) < 4.78 is 9.75. The molecule has 8 nitrogen and oxygen atoms in total. The summed E-state index contributed by atoms with van der Waals surface area (Å²) in [4.78, 5) is 37.8. The van der Waals surface area contributed by atoms with Crippen molar-refractivity contribution in [1.82, 2.24) is 15.0 Å². The van der Waals surface area contributed by atoms with Gasteiger partial charge in [-0.15, -0.1) is 0 Å². The topological polar surface area (TPSA) is 93.0 Å². The lowest BCUT2D eigenvalue weighted by atomic mass is 9.98. The van der Waals surface area contributed by atoms with Crippen molar-refractivity contribution in [3.05, 3.63) is 17.0 Å². The first-order valence-electron chi connectivity index (χ1n) is 7.62. The molecule has 0 bridgehead atoms. The quantitative estimate of drug-likeness (QED) is 0.791. The Morgan fingerprint density at radius 1 is 1.30 bits per heavy atom. The molecule has 1 aromatic rings. The molecular weight excluding hydrogens is 302 g/mol. The van der Waals surface area contributed by atoms with E-state index in [1.54, 1.807) is 4.90 Å². The molecule has 2 fully saturated rings. The van der Waals surface area contributed by atoms with E-state index in [9.17, 15) is 14.4 Å². The van der Waals surface area contributed by atoms with Gasteiger partial charge in [0.15, 0.2) is 6.61 Å². The highest BCUT2D eigenvalue weighted by atomic mass is 16.6. The maximum Gasteiger partial charge on any atom is 0.417 e. The van der Waals surface area contributed by atoms with Gasteiger partial charge in [-0.2, -0.15) is 0 Å². The first kappa shape index (κ1) is 15.5. The number of likely N-dealkylation sites (tertiary alicyclic amines) is 1. The minimum Gasteiger partial charge on any atom is -0.439 e. The van der Waals surface area contributed by atoms with E-state index in [-0.39, 0.29) is 24.3 Å². The summed E-state index contributed by atoms with van der Waals surface area (Å²) >= 11 is 0. The van der Waals surface area contributed by atoms with Crippen LogP contribution in [0.25, 0.3) is 0 Å². The Labute approximate surface area is 133 Å². The summed E-state index contributed by atoms with van der Waals surface area (Å²) in [6.07, 6.45) is 0.427. The molecule has 2 aliphatic heterocycles. The zero-order valence-corrected chi connectivity index (χ0v) is 13.2. The van der Waals surface area contributed by atoms with Crippen molar-refractivity contribution >= 4 is 17.9 Å². The van der Waals surface area contributed by atoms with Gasteiger partial charge in [-0.3, -0.25) is 9.59 Å². The van der Waals surface area contributed by atoms with Crippen molar-refractivity contribution in [2.24, 2.45) is 5.92 Å². The fourth-order valence-electron chi connectivity index (χ4n) is 2.95. The number of nitrogens with zero attached hydrogens (tertiary/aromatic N) is 3.